The van der Waals surface area contributed by atoms with Crippen LogP contribution in [0.25, 0.3) is 0 Å². The smallest absolute Gasteiger partial charge is 0.299 e. The highest BCUT2D eigenvalue weighted by Crippen LogP contribution is 2.29. The Kier molecular flexibility index (Phi) is 3.02. The number of carbonyl (C=O) groups is 2. The number of pyridine rings is 1. The van der Waals surface area contributed by atoms with Gasteiger partial charge in [0.25, 0.3) is 11.7 Å². The number of hydrogen-bond donors (Lipinski definition) is 0. The van der Waals surface area contributed by atoms with E-state index in [9.17, 15) is 14.0 Å². The molecule has 0 saturated carbocycles. The zero-order valence-electron chi connectivity index (χ0n) is 10.5. The van der Waals surface area contributed by atoms with Crippen molar-refractivity contribution in [1.29, 1.82) is 0 Å². The number of Topliss-reactive ketones (excluding diaryl/α,β-unsaturated/α-hetero) is 1. The van der Waals surface area contributed by atoms with E-state index in [0.717, 1.165) is 11.6 Å². The van der Waals surface area contributed by atoms with Crippen molar-refractivity contribution < 1.29 is 14.0 Å². The largest absolute Gasteiger partial charge is 0.304 e. The quantitative estimate of drug-likeness (QED) is 0.801. The van der Waals surface area contributed by atoms with E-state index in [1.165, 1.54) is 17.0 Å². The molecule has 2 heterocycles. The number of aromatic nitrogens is 1. The number of halogens is 1. The zero-order chi connectivity index (χ0) is 14.1. The molecule has 0 unspecified atom stereocenters. The zero-order valence-corrected chi connectivity index (χ0v) is 10.5. The average molecular weight is 270 g/mol. The van der Waals surface area contributed by atoms with Crippen molar-refractivity contribution in [2.24, 2.45) is 0 Å². The maximum atomic E-state index is 13.2. The van der Waals surface area contributed by atoms with Gasteiger partial charge in [-0.25, -0.2) is 4.39 Å². The summed E-state index contributed by atoms with van der Waals surface area (Å²) in [4.78, 5) is 29.1. The van der Waals surface area contributed by atoms with Gasteiger partial charge in [-0.1, -0.05) is 0 Å². The molecule has 0 aliphatic carbocycles. The molecule has 1 amide bonds. The van der Waals surface area contributed by atoms with Crippen LogP contribution in [0.5, 0.6) is 0 Å². The van der Waals surface area contributed by atoms with E-state index >= 15 is 0 Å². The van der Waals surface area contributed by atoms with Crippen LogP contribution in [0, 0.1) is 5.82 Å². The molecule has 20 heavy (non-hydrogen) atoms. The van der Waals surface area contributed by atoms with Gasteiger partial charge in [0.1, 0.15) is 5.82 Å². The van der Waals surface area contributed by atoms with Crippen LogP contribution in [0.15, 0.2) is 42.7 Å². The second kappa shape index (κ2) is 4.85. The summed E-state index contributed by atoms with van der Waals surface area (Å²) in [6.45, 7) is 0.382. The Balaban J connectivity index is 1.84. The SMILES string of the molecule is O=C1C(=O)N(CCc2ccncc2)c2ccc(F)cc21. The Hall–Kier alpha value is -2.56. The Morgan fingerprint density at radius 3 is 2.60 bits per heavy atom. The summed E-state index contributed by atoms with van der Waals surface area (Å²) >= 11 is 0. The highest BCUT2D eigenvalue weighted by Gasteiger charge is 2.35. The fraction of sp³-hybridized carbons (Fsp3) is 0.133. The first-order valence-corrected chi connectivity index (χ1v) is 6.21. The van der Waals surface area contributed by atoms with Crippen molar-refractivity contribution in [3.05, 3.63) is 59.7 Å². The molecule has 0 bridgehead atoms. The third-order valence-corrected chi connectivity index (χ3v) is 3.31. The average Bonchev–Trinajstić information content (AvgIpc) is 2.70. The minimum atomic E-state index is -0.644. The standard InChI is InChI=1S/C15H11FN2O2/c16-11-1-2-13-12(9-11)14(19)15(20)18(13)8-5-10-3-6-17-7-4-10/h1-4,6-7,9H,5,8H2. The van der Waals surface area contributed by atoms with Crippen LogP contribution in [-0.4, -0.2) is 23.2 Å². The molecule has 2 aromatic rings. The number of hydrogen-bond acceptors (Lipinski definition) is 3. The molecule has 0 spiro atoms. The monoisotopic (exact) mass is 270 g/mol. The van der Waals surface area contributed by atoms with Crippen molar-refractivity contribution in [3.63, 3.8) is 0 Å². The molecule has 1 aliphatic rings. The van der Waals surface area contributed by atoms with E-state index in [1.54, 1.807) is 12.4 Å². The van der Waals surface area contributed by atoms with E-state index in [2.05, 4.69) is 4.98 Å². The molecule has 3 rings (SSSR count). The summed E-state index contributed by atoms with van der Waals surface area (Å²) in [5, 5.41) is 0. The molecular formula is C15H11FN2O2. The number of carbonyl (C=O) groups excluding carboxylic acids is 2. The molecule has 0 N–H and O–H groups in total. The van der Waals surface area contributed by atoms with E-state index < -0.39 is 17.5 Å². The molecule has 100 valence electrons. The first kappa shape index (κ1) is 12.5. The molecule has 1 aromatic heterocycles. The van der Waals surface area contributed by atoms with E-state index in [0.29, 0.717) is 18.7 Å². The predicted molar refractivity (Wildman–Crippen MR) is 71.0 cm³/mol. The molecule has 1 aromatic carbocycles. The minimum Gasteiger partial charge on any atom is -0.304 e. The maximum Gasteiger partial charge on any atom is 0.299 e. The third kappa shape index (κ3) is 2.07. The molecule has 0 radical (unpaired) electrons. The van der Waals surface area contributed by atoms with Crippen LogP contribution in [0.4, 0.5) is 10.1 Å². The Labute approximate surface area is 114 Å². The lowest BCUT2D eigenvalue weighted by Crippen LogP contribution is -2.31. The molecule has 1 aliphatic heterocycles. The van der Waals surface area contributed by atoms with Gasteiger partial charge in [-0.3, -0.25) is 14.6 Å². The second-order valence-corrected chi connectivity index (χ2v) is 4.55. The summed E-state index contributed by atoms with van der Waals surface area (Å²) in [5.41, 5.74) is 1.65. The van der Waals surface area contributed by atoms with Gasteiger partial charge in [0, 0.05) is 18.9 Å². The first-order chi connectivity index (χ1) is 9.66. The van der Waals surface area contributed by atoms with Crippen LogP contribution >= 0.6 is 0 Å². The number of fused-ring (bicyclic) bond motifs is 1. The summed E-state index contributed by atoms with van der Waals surface area (Å²) in [5.74, 6) is -1.75. The van der Waals surface area contributed by atoms with Crippen molar-refractivity contribution >= 4 is 17.4 Å². The van der Waals surface area contributed by atoms with Crippen LogP contribution in [0.1, 0.15) is 15.9 Å². The molecule has 0 fully saturated rings. The predicted octanol–water partition coefficient (Wildman–Crippen LogP) is 1.99. The van der Waals surface area contributed by atoms with Gasteiger partial charge in [-0.05, 0) is 42.3 Å². The van der Waals surface area contributed by atoms with Gasteiger partial charge in [0.15, 0.2) is 0 Å². The fourth-order valence-electron chi connectivity index (χ4n) is 2.29. The van der Waals surface area contributed by atoms with E-state index in [4.69, 9.17) is 0 Å². The highest BCUT2D eigenvalue weighted by molar-refractivity contribution is 6.52. The normalized spacial score (nSPS) is 13.8. The number of ketones is 1. The van der Waals surface area contributed by atoms with Gasteiger partial charge in [-0.15, -0.1) is 0 Å². The Bertz CT molecular complexity index is 686. The molecule has 0 atom stereocenters. The van der Waals surface area contributed by atoms with Crippen molar-refractivity contribution in [2.75, 3.05) is 11.4 Å². The number of anilines is 1. The lowest BCUT2D eigenvalue weighted by Gasteiger charge is -2.16. The molecule has 5 heteroatoms. The number of benzene rings is 1. The van der Waals surface area contributed by atoms with Crippen LogP contribution < -0.4 is 4.90 Å². The summed E-state index contributed by atoms with van der Waals surface area (Å²) in [7, 11) is 0. The number of rotatable bonds is 3. The van der Waals surface area contributed by atoms with Gasteiger partial charge in [0.05, 0.1) is 11.3 Å². The van der Waals surface area contributed by atoms with Gasteiger partial charge < -0.3 is 4.90 Å². The van der Waals surface area contributed by atoms with Gasteiger partial charge in [0.2, 0.25) is 0 Å². The lowest BCUT2D eigenvalue weighted by molar-refractivity contribution is -0.114. The van der Waals surface area contributed by atoms with Gasteiger partial charge in [-0.2, -0.15) is 0 Å². The first-order valence-electron chi connectivity index (χ1n) is 6.21. The van der Waals surface area contributed by atoms with E-state index in [-0.39, 0.29) is 5.56 Å². The van der Waals surface area contributed by atoms with E-state index in [1.807, 2.05) is 12.1 Å². The van der Waals surface area contributed by atoms with Crippen LogP contribution in [-0.2, 0) is 11.2 Å². The van der Waals surface area contributed by atoms with Crippen LogP contribution in [0.2, 0.25) is 0 Å². The van der Waals surface area contributed by atoms with Crippen molar-refractivity contribution in [1.82, 2.24) is 4.98 Å². The Morgan fingerprint density at radius 1 is 1.10 bits per heavy atom. The van der Waals surface area contributed by atoms with Crippen LogP contribution in [0.3, 0.4) is 0 Å². The third-order valence-electron chi connectivity index (χ3n) is 3.31. The maximum absolute atomic E-state index is 13.2. The summed E-state index contributed by atoms with van der Waals surface area (Å²) in [6, 6.07) is 7.55. The number of nitrogens with zero attached hydrogens (tertiary/aromatic N) is 2. The minimum absolute atomic E-state index is 0.143. The summed E-state index contributed by atoms with van der Waals surface area (Å²) in [6.07, 6.45) is 3.96. The molecule has 4 nitrogen and oxygen atoms in total. The van der Waals surface area contributed by atoms with Crippen molar-refractivity contribution in [2.45, 2.75) is 6.42 Å². The highest BCUT2D eigenvalue weighted by atomic mass is 19.1. The topological polar surface area (TPSA) is 50.3 Å². The summed E-state index contributed by atoms with van der Waals surface area (Å²) < 4.78 is 13.2. The fourth-order valence-corrected chi connectivity index (χ4v) is 2.29. The molecule has 0 saturated heterocycles. The number of amides is 1. The second-order valence-electron chi connectivity index (χ2n) is 4.55. The van der Waals surface area contributed by atoms with Crippen molar-refractivity contribution in [3.8, 4) is 0 Å². The lowest BCUT2D eigenvalue weighted by atomic mass is 10.1. The Morgan fingerprint density at radius 2 is 1.85 bits per heavy atom. The molecular weight excluding hydrogens is 259 g/mol. The van der Waals surface area contributed by atoms with Gasteiger partial charge >= 0.3 is 0 Å².